The molecule has 3 aromatic rings. The highest BCUT2D eigenvalue weighted by atomic mass is 32.1. The van der Waals surface area contributed by atoms with Crippen LogP contribution in [0.3, 0.4) is 0 Å². The minimum Gasteiger partial charge on any atom is -0.466 e. The maximum Gasteiger partial charge on any atom is 0.273 e. The van der Waals surface area contributed by atoms with Crippen LogP contribution in [0.15, 0.2) is 34.2 Å². The minimum atomic E-state index is -0.415. The van der Waals surface area contributed by atoms with E-state index in [4.69, 9.17) is 4.42 Å². The zero-order valence-corrected chi connectivity index (χ0v) is 12.8. The molecule has 22 heavy (non-hydrogen) atoms. The van der Waals surface area contributed by atoms with E-state index in [0.29, 0.717) is 22.6 Å². The Morgan fingerprint density at radius 3 is 2.64 bits per heavy atom. The van der Waals surface area contributed by atoms with Crippen LogP contribution in [0.5, 0.6) is 0 Å². The number of rotatable bonds is 2. The summed E-state index contributed by atoms with van der Waals surface area (Å²) in [6, 6.07) is 6.80. The number of benzene rings is 1. The minimum absolute atomic E-state index is 0.387. The van der Waals surface area contributed by atoms with E-state index in [1.54, 1.807) is 43.6 Å². The summed E-state index contributed by atoms with van der Waals surface area (Å²) in [5.41, 5.74) is 8.19. The second-order valence-corrected chi connectivity index (χ2v) is 5.66. The summed E-state index contributed by atoms with van der Waals surface area (Å²) in [4.78, 5) is 28.2. The van der Waals surface area contributed by atoms with Gasteiger partial charge in [-0.3, -0.25) is 20.4 Å². The van der Waals surface area contributed by atoms with E-state index in [0.717, 1.165) is 10.2 Å². The molecule has 0 saturated heterocycles. The Bertz CT molecular complexity index is 866. The van der Waals surface area contributed by atoms with Gasteiger partial charge >= 0.3 is 0 Å². The molecule has 7 heteroatoms. The molecule has 2 aromatic heterocycles. The number of carbonyl (C=O) groups is 2. The van der Waals surface area contributed by atoms with Crippen molar-refractivity contribution in [3.63, 3.8) is 0 Å². The van der Waals surface area contributed by atoms with Crippen molar-refractivity contribution in [2.24, 2.45) is 0 Å². The Morgan fingerprint density at radius 1 is 1.14 bits per heavy atom. The third-order valence-electron chi connectivity index (χ3n) is 3.17. The summed E-state index contributed by atoms with van der Waals surface area (Å²) in [7, 11) is 0. The predicted octanol–water partition coefficient (Wildman–Crippen LogP) is 2.58. The molecule has 0 aliphatic rings. The lowest BCUT2D eigenvalue weighted by atomic mass is 10.2. The van der Waals surface area contributed by atoms with Gasteiger partial charge in [-0.25, -0.2) is 4.98 Å². The van der Waals surface area contributed by atoms with Crippen molar-refractivity contribution in [1.82, 2.24) is 15.8 Å². The van der Waals surface area contributed by atoms with Gasteiger partial charge in [0.25, 0.3) is 11.8 Å². The van der Waals surface area contributed by atoms with E-state index >= 15 is 0 Å². The van der Waals surface area contributed by atoms with Gasteiger partial charge in [-0.1, -0.05) is 0 Å². The van der Waals surface area contributed by atoms with E-state index in [1.807, 2.05) is 0 Å². The third-order valence-corrected chi connectivity index (χ3v) is 3.96. The molecule has 0 aliphatic carbocycles. The molecule has 1 aromatic carbocycles. The second kappa shape index (κ2) is 5.61. The summed E-state index contributed by atoms with van der Waals surface area (Å²) in [5, 5.41) is 0. The molecule has 6 nitrogen and oxygen atoms in total. The first-order chi connectivity index (χ1) is 10.5. The van der Waals surface area contributed by atoms with Crippen LogP contribution in [0, 0.1) is 13.8 Å². The van der Waals surface area contributed by atoms with Gasteiger partial charge in [-0.15, -0.1) is 11.3 Å². The van der Waals surface area contributed by atoms with Crippen LogP contribution in [0.4, 0.5) is 0 Å². The molecule has 2 amide bonds. The average Bonchev–Trinajstić information content (AvgIpc) is 3.09. The Balaban J connectivity index is 1.69. The SMILES string of the molecule is Cc1cc(C(=O)NNC(=O)c2ccc3ncsc3c2)c(C)o1. The molecule has 0 saturated carbocycles. The quantitative estimate of drug-likeness (QED) is 0.712. The van der Waals surface area contributed by atoms with Gasteiger partial charge in [-0.2, -0.15) is 0 Å². The van der Waals surface area contributed by atoms with Crippen molar-refractivity contribution < 1.29 is 14.0 Å². The third kappa shape index (κ3) is 2.71. The van der Waals surface area contributed by atoms with E-state index in [2.05, 4.69) is 15.8 Å². The number of hydrogen-bond donors (Lipinski definition) is 2. The first kappa shape index (κ1) is 14.3. The first-order valence-electron chi connectivity index (χ1n) is 6.55. The van der Waals surface area contributed by atoms with Gasteiger partial charge in [0.1, 0.15) is 11.5 Å². The smallest absolute Gasteiger partial charge is 0.273 e. The number of fused-ring (bicyclic) bond motifs is 1. The van der Waals surface area contributed by atoms with Crippen LogP contribution in [-0.2, 0) is 0 Å². The molecule has 2 heterocycles. The molecular weight excluding hydrogens is 302 g/mol. The van der Waals surface area contributed by atoms with Crippen molar-refractivity contribution >= 4 is 33.4 Å². The Morgan fingerprint density at radius 2 is 1.91 bits per heavy atom. The fourth-order valence-electron chi connectivity index (χ4n) is 2.11. The Kier molecular flexibility index (Phi) is 3.64. The highest BCUT2D eigenvalue weighted by molar-refractivity contribution is 7.16. The lowest BCUT2D eigenvalue weighted by Crippen LogP contribution is -2.41. The number of furan rings is 1. The Labute approximate surface area is 130 Å². The van der Waals surface area contributed by atoms with Crippen molar-refractivity contribution in [2.45, 2.75) is 13.8 Å². The van der Waals surface area contributed by atoms with Gasteiger partial charge in [-0.05, 0) is 38.1 Å². The first-order valence-corrected chi connectivity index (χ1v) is 7.43. The zero-order valence-electron chi connectivity index (χ0n) is 12.0. The fraction of sp³-hybridized carbons (Fsp3) is 0.133. The van der Waals surface area contributed by atoms with Crippen LogP contribution < -0.4 is 10.9 Å². The molecule has 0 bridgehead atoms. The van der Waals surface area contributed by atoms with Gasteiger partial charge < -0.3 is 4.42 Å². The number of nitrogens with one attached hydrogen (secondary N) is 2. The standard InChI is InChI=1S/C15H13N3O3S/c1-8-5-11(9(2)21-8)15(20)18-17-14(19)10-3-4-12-13(6-10)22-7-16-12/h3-7H,1-2H3,(H,17,19)(H,18,20). The van der Waals surface area contributed by atoms with E-state index < -0.39 is 5.91 Å². The summed E-state index contributed by atoms with van der Waals surface area (Å²) in [6.45, 7) is 3.45. The molecule has 112 valence electrons. The van der Waals surface area contributed by atoms with Crippen molar-refractivity contribution in [1.29, 1.82) is 0 Å². The van der Waals surface area contributed by atoms with Crippen molar-refractivity contribution in [3.8, 4) is 0 Å². The number of aryl methyl sites for hydroxylation is 2. The van der Waals surface area contributed by atoms with Crippen LogP contribution in [-0.4, -0.2) is 16.8 Å². The molecule has 0 unspecified atom stereocenters. The number of hydrogen-bond acceptors (Lipinski definition) is 5. The van der Waals surface area contributed by atoms with Crippen LogP contribution in [0.25, 0.3) is 10.2 Å². The number of thiazole rings is 1. The molecule has 0 spiro atoms. The highest BCUT2D eigenvalue weighted by Gasteiger charge is 2.15. The molecule has 3 rings (SSSR count). The van der Waals surface area contributed by atoms with Crippen LogP contribution in [0.1, 0.15) is 32.2 Å². The number of nitrogens with zero attached hydrogens (tertiary/aromatic N) is 1. The maximum absolute atomic E-state index is 12.1. The summed E-state index contributed by atoms with van der Waals surface area (Å²) in [5.74, 6) is 0.350. The fourth-order valence-corrected chi connectivity index (χ4v) is 2.82. The van der Waals surface area contributed by atoms with E-state index in [9.17, 15) is 9.59 Å². The molecule has 0 radical (unpaired) electrons. The van der Waals surface area contributed by atoms with Crippen LogP contribution >= 0.6 is 11.3 Å². The van der Waals surface area contributed by atoms with Crippen molar-refractivity contribution in [3.05, 3.63) is 52.4 Å². The van der Waals surface area contributed by atoms with E-state index in [1.165, 1.54) is 11.3 Å². The van der Waals surface area contributed by atoms with Gasteiger partial charge in [0.05, 0.1) is 21.3 Å². The largest absolute Gasteiger partial charge is 0.466 e. The number of carbonyl (C=O) groups excluding carboxylic acids is 2. The summed E-state index contributed by atoms with van der Waals surface area (Å²) in [6.07, 6.45) is 0. The molecule has 2 N–H and O–H groups in total. The summed E-state index contributed by atoms with van der Waals surface area (Å²) >= 11 is 1.45. The molecular formula is C15H13N3O3S. The number of amides is 2. The maximum atomic E-state index is 12.1. The van der Waals surface area contributed by atoms with Crippen LogP contribution in [0.2, 0.25) is 0 Å². The molecule has 0 atom stereocenters. The lowest BCUT2D eigenvalue weighted by molar-refractivity contribution is 0.0846. The second-order valence-electron chi connectivity index (χ2n) is 4.77. The molecule has 0 aliphatic heterocycles. The average molecular weight is 315 g/mol. The highest BCUT2D eigenvalue weighted by Crippen LogP contribution is 2.19. The van der Waals surface area contributed by atoms with Gasteiger partial charge in [0.15, 0.2) is 0 Å². The Hall–Kier alpha value is -2.67. The molecule has 0 fully saturated rings. The number of hydrazine groups is 1. The van der Waals surface area contributed by atoms with Crippen molar-refractivity contribution in [2.75, 3.05) is 0 Å². The normalized spacial score (nSPS) is 10.6. The topological polar surface area (TPSA) is 84.2 Å². The number of aromatic nitrogens is 1. The van der Waals surface area contributed by atoms with Gasteiger partial charge in [0.2, 0.25) is 0 Å². The monoisotopic (exact) mass is 315 g/mol. The van der Waals surface area contributed by atoms with Gasteiger partial charge in [0, 0.05) is 5.56 Å². The zero-order chi connectivity index (χ0) is 15.7. The van der Waals surface area contributed by atoms with E-state index in [-0.39, 0.29) is 5.91 Å². The predicted molar refractivity (Wildman–Crippen MR) is 82.7 cm³/mol. The lowest BCUT2D eigenvalue weighted by Gasteiger charge is -2.06. The summed E-state index contributed by atoms with van der Waals surface area (Å²) < 4.78 is 6.20.